The molecule has 3 amide bonds. The summed E-state index contributed by atoms with van der Waals surface area (Å²) < 4.78 is 15.5. The Hall–Kier alpha value is -1.18. The molecule has 1 aliphatic heterocycles. The number of rotatable bonds is 10. The molecule has 0 aromatic rings. The van der Waals surface area contributed by atoms with Gasteiger partial charge in [0.05, 0.1) is 33.0 Å². The zero-order valence-electron chi connectivity index (χ0n) is 12.4. The number of amides is 3. The number of carbonyl (C=O) groups excluding carboxylic acids is 2. The van der Waals surface area contributed by atoms with E-state index in [9.17, 15) is 9.59 Å². The fourth-order valence-electron chi connectivity index (χ4n) is 1.97. The minimum absolute atomic E-state index is 0.243. The van der Waals surface area contributed by atoms with Crippen LogP contribution in [0.2, 0.25) is 0 Å². The number of ether oxygens (including phenoxy) is 3. The molecule has 0 spiro atoms. The SMILES string of the molecule is CCC1(C)C(=O)NC(=O)N1CCOCCOCCOC. The molecule has 116 valence electrons. The molecule has 0 aromatic heterocycles. The Labute approximate surface area is 119 Å². The predicted molar refractivity (Wildman–Crippen MR) is 72.5 cm³/mol. The molecule has 1 rings (SSSR count). The normalized spacial score (nSPS) is 22.4. The summed E-state index contributed by atoms with van der Waals surface area (Å²) in [6, 6.07) is -0.348. The van der Waals surface area contributed by atoms with Gasteiger partial charge in [0, 0.05) is 13.7 Å². The van der Waals surface area contributed by atoms with Crippen molar-refractivity contribution in [2.45, 2.75) is 25.8 Å². The first-order valence-electron chi connectivity index (χ1n) is 6.83. The lowest BCUT2D eigenvalue weighted by Gasteiger charge is -2.30. The largest absolute Gasteiger partial charge is 0.382 e. The molecule has 0 aliphatic carbocycles. The number of urea groups is 1. The molecule has 7 heteroatoms. The van der Waals surface area contributed by atoms with Crippen LogP contribution in [0, 0.1) is 0 Å². The van der Waals surface area contributed by atoms with E-state index in [0.29, 0.717) is 46.0 Å². The number of imide groups is 1. The molecule has 20 heavy (non-hydrogen) atoms. The van der Waals surface area contributed by atoms with Gasteiger partial charge in [0.2, 0.25) is 0 Å². The van der Waals surface area contributed by atoms with Crippen LogP contribution in [0.3, 0.4) is 0 Å². The maximum Gasteiger partial charge on any atom is 0.325 e. The Morgan fingerprint density at radius 3 is 2.30 bits per heavy atom. The van der Waals surface area contributed by atoms with E-state index in [2.05, 4.69) is 5.32 Å². The van der Waals surface area contributed by atoms with Gasteiger partial charge in [-0.1, -0.05) is 6.92 Å². The Balaban J connectivity index is 2.21. The fourth-order valence-corrected chi connectivity index (χ4v) is 1.97. The zero-order valence-corrected chi connectivity index (χ0v) is 12.4. The van der Waals surface area contributed by atoms with Crippen LogP contribution in [-0.4, -0.2) is 69.1 Å². The number of nitrogens with one attached hydrogen (secondary N) is 1. The molecule has 1 heterocycles. The molecule has 0 aromatic carbocycles. The van der Waals surface area contributed by atoms with Crippen molar-refractivity contribution in [1.82, 2.24) is 10.2 Å². The topological polar surface area (TPSA) is 77.1 Å². The lowest BCUT2D eigenvalue weighted by atomic mass is 9.97. The summed E-state index contributed by atoms with van der Waals surface area (Å²) in [6.07, 6.45) is 0.574. The minimum Gasteiger partial charge on any atom is -0.382 e. The summed E-state index contributed by atoms with van der Waals surface area (Å²) in [5.74, 6) is -0.243. The van der Waals surface area contributed by atoms with Crippen molar-refractivity contribution in [3.63, 3.8) is 0 Å². The van der Waals surface area contributed by atoms with Gasteiger partial charge in [-0.15, -0.1) is 0 Å². The summed E-state index contributed by atoms with van der Waals surface area (Å²) >= 11 is 0. The second-order valence-corrected chi connectivity index (χ2v) is 4.76. The van der Waals surface area contributed by atoms with Gasteiger partial charge in [-0.2, -0.15) is 0 Å². The highest BCUT2D eigenvalue weighted by molar-refractivity contribution is 6.06. The molecule has 1 N–H and O–H groups in total. The number of hydrogen-bond donors (Lipinski definition) is 1. The van der Waals surface area contributed by atoms with E-state index in [1.807, 2.05) is 6.92 Å². The molecule has 7 nitrogen and oxygen atoms in total. The van der Waals surface area contributed by atoms with E-state index in [0.717, 1.165) is 0 Å². The van der Waals surface area contributed by atoms with E-state index in [4.69, 9.17) is 14.2 Å². The standard InChI is InChI=1S/C13H24N2O5/c1-4-13(2)11(16)14-12(17)15(13)5-6-19-9-10-20-8-7-18-3/h4-10H2,1-3H3,(H,14,16,17). The van der Waals surface area contributed by atoms with Gasteiger partial charge in [0.1, 0.15) is 5.54 Å². The van der Waals surface area contributed by atoms with E-state index < -0.39 is 5.54 Å². The third-order valence-corrected chi connectivity index (χ3v) is 3.50. The minimum atomic E-state index is -0.768. The summed E-state index contributed by atoms with van der Waals surface area (Å²) in [7, 11) is 1.62. The highest BCUT2D eigenvalue weighted by atomic mass is 16.5. The van der Waals surface area contributed by atoms with Gasteiger partial charge in [-0.3, -0.25) is 10.1 Å². The first-order chi connectivity index (χ1) is 9.56. The van der Waals surface area contributed by atoms with Crippen LogP contribution in [0.5, 0.6) is 0 Å². The average molecular weight is 288 g/mol. The van der Waals surface area contributed by atoms with Gasteiger partial charge in [-0.25, -0.2) is 4.79 Å². The van der Waals surface area contributed by atoms with Crippen molar-refractivity contribution in [3.05, 3.63) is 0 Å². The van der Waals surface area contributed by atoms with E-state index in [1.165, 1.54) is 4.90 Å². The second-order valence-electron chi connectivity index (χ2n) is 4.76. The average Bonchev–Trinajstić information content (AvgIpc) is 2.65. The van der Waals surface area contributed by atoms with Crippen molar-refractivity contribution < 1.29 is 23.8 Å². The quantitative estimate of drug-likeness (QED) is 0.465. The Kier molecular flexibility index (Phi) is 6.90. The first-order valence-corrected chi connectivity index (χ1v) is 6.83. The Morgan fingerprint density at radius 1 is 1.10 bits per heavy atom. The third kappa shape index (κ3) is 4.16. The smallest absolute Gasteiger partial charge is 0.325 e. The van der Waals surface area contributed by atoms with Gasteiger partial charge in [0.15, 0.2) is 0 Å². The molecular weight excluding hydrogens is 264 g/mol. The number of methoxy groups -OCH3 is 1. The van der Waals surface area contributed by atoms with Gasteiger partial charge in [-0.05, 0) is 13.3 Å². The molecule has 0 radical (unpaired) electrons. The summed E-state index contributed by atoms with van der Waals surface area (Å²) in [5.41, 5.74) is -0.768. The van der Waals surface area contributed by atoms with Crippen LogP contribution in [0.25, 0.3) is 0 Å². The molecule has 0 saturated carbocycles. The highest BCUT2D eigenvalue weighted by Crippen LogP contribution is 2.24. The van der Waals surface area contributed by atoms with Gasteiger partial charge < -0.3 is 19.1 Å². The highest BCUT2D eigenvalue weighted by Gasteiger charge is 2.47. The fraction of sp³-hybridized carbons (Fsp3) is 0.846. The van der Waals surface area contributed by atoms with Crippen LogP contribution in [0.15, 0.2) is 0 Å². The molecule has 1 atom stereocenters. The van der Waals surface area contributed by atoms with Crippen LogP contribution < -0.4 is 5.32 Å². The number of hydrogen-bond acceptors (Lipinski definition) is 5. The third-order valence-electron chi connectivity index (χ3n) is 3.50. The second kappa shape index (κ2) is 8.18. The summed E-state index contributed by atoms with van der Waals surface area (Å²) in [6.45, 7) is 6.46. The molecule has 1 unspecified atom stereocenters. The van der Waals surface area contributed by atoms with E-state index in [1.54, 1.807) is 14.0 Å². The maximum absolute atomic E-state index is 11.7. The number of carbonyl (C=O) groups is 2. The van der Waals surface area contributed by atoms with Crippen molar-refractivity contribution in [3.8, 4) is 0 Å². The lowest BCUT2D eigenvalue weighted by Crippen LogP contribution is -2.47. The van der Waals surface area contributed by atoms with Crippen LogP contribution in [-0.2, 0) is 19.0 Å². The Morgan fingerprint density at radius 2 is 1.70 bits per heavy atom. The van der Waals surface area contributed by atoms with Gasteiger partial charge >= 0.3 is 6.03 Å². The van der Waals surface area contributed by atoms with Crippen molar-refractivity contribution in [2.24, 2.45) is 0 Å². The monoisotopic (exact) mass is 288 g/mol. The molecule has 1 fully saturated rings. The summed E-state index contributed by atoms with van der Waals surface area (Å²) in [4.78, 5) is 25.0. The maximum atomic E-state index is 11.7. The van der Waals surface area contributed by atoms with Crippen molar-refractivity contribution in [1.29, 1.82) is 0 Å². The molecule has 0 bridgehead atoms. The van der Waals surface area contributed by atoms with E-state index >= 15 is 0 Å². The van der Waals surface area contributed by atoms with Crippen LogP contribution >= 0.6 is 0 Å². The lowest BCUT2D eigenvalue weighted by molar-refractivity contribution is -0.126. The predicted octanol–water partition coefficient (Wildman–Crippen LogP) is 0.387. The molecular formula is C13H24N2O5. The number of nitrogens with zero attached hydrogens (tertiary/aromatic N) is 1. The molecule has 1 saturated heterocycles. The van der Waals surface area contributed by atoms with Crippen molar-refractivity contribution >= 4 is 11.9 Å². The van der Waals surface area contributed by atoms with Gasteiger partial charge in [0.25, 0.3) is 5.91 Å². The summed E-state index contributed by atoms with van der Waals surface area (Å²) in [5, 5.41) is 2.34. The molecule has 1 aliphatic rings. The first kappa shape index (κ1) is 16.9. The van der Waals surface area contributed by atoms with Crippen LogP contribution in [0.1, 0.15) is 20.3 Å². The zero-order chi connectivity index (χ0) is 15.0. The van der Waals surface area contributed by atoms with E-state index in [-0.39, 0.29) is 11.9 Å². The Bertz CT molecular complexity index is 337. The van der Waals surface area contributed by atoms with Crippen LogP contribution in [0.4, 0.5) is 4.79 Å². The van der Waals surface area contributed by atoms with Crippen molar-refractivity contribution in [2.75, 3.05) is 46.7 Å².